The Bertz CT molecular complexity index is 425. The van der Waals surface area contributed by atoms with Gasteiger partial charge in [0.2, 0.25) is 0 Å². The van der Waals surface area contributed by atoms with Gasteiger partial charge in [-0.25, -0.2) is 0 Å². The number of carbonyl (C=O) groups excluding carboxylic acids is 1. The van der Waals surface area contributed by atoms with Crippen LogP contribution in [0.4, 0.5) is 0 Å². The summed E-state index contributed by atoms with van der Waals surface area (Å²) in [6.45, 7) is 3.25. The molecule has 1 aliphatic rings. The highest BCUT2D eigenvalue weighted by molar-refractivity contribution is 7.13. The van der Waals surface area contributed by atoms with E-state index in [1.165, 1.54) is 24.2 Å². The van der Waals surface area contributed by atoms with Gasteiger partial charge >= 0.3 is 0 Å². The van der Waals surface area contributed by atoms with Crippen molar-refractivity contribution in [2.24, 2.45) is 5.92 Å². The summed E-state index contributed by atoms with van der Waals surface area (Å²) >= 11 is 1.54. The molecular weight excluding hydrogens is 218 g/mol. The van der Waals surface area contributed by atoms with Gasteiger partial charge < -0.3 is 4.90 Å². The number of hydrogen-bond acceptors (Lipinski definition) is 2. The van der Waals surface area contributed by atoms with Crippen LogP contribution in [0.3, 0.4) is 0 Å². The lowest BCUT2D eigenvalue weighted by molar-refractivity contribution is 0.0774. The summed E-state index contributed by atoms with van der Waals surface area (Å²) in [6.07, 6.45) is 7.77. The summed E-state index contributed by atoms with van der Waals surface area (Å²) in [5, 5.41) is 0. The van der Waals surface area contributed by atoms with Crippen LogP contribution in [0, 0.1) is 25.2 Å². The van der Waals surface area contributed by atoms with Gasteiger partial charge in [-0.1, -0.05) is 5.92 Å². The first kappa shape index (κ1) is 11.2. The highest BCUT2D eigenvalue weighted by Gasteiger charge is 2.27. The molecule has 0 radical (unpaired) electrons. The topological polar surface area (TPSA) is 20.3 Å². The van der Waals surface area contributed by atoms with Crippen LogP contribution in [0.1, 0.15) is 27.4 Å². The van der Waals surface area contributed by atoms with E-state index in [0.717, 1.165) is 16.3 Å². The number of aryl methyl sites for hydroxylation is 1. The number of thiophene rings is 1. The summed E-state index contributed by atoms with van der Waals surface area (Å²) < 4.78 is 0. The van der Waals surface area contributed by atoms with Gasteiger partial charge in [-0.05, 0) is 37.8 Å². The minimum absolute atomic E-state index is 0.0861. The smallest absolute Gasteiger partial charge is 0.264 e. The normalized spacial score (nSPS) is 14.5. The van der Waals surface area contributed by atoms with Crippen molar-refractivity contribution in [3.63, 3.8) is 0 Å². The standard InChI is InChI=1S/C13H15NOS/c1-3-8-14(9-11-5-6-11)13(15)12-7-4-10(2)16-12/h1,4,7,11H,5-6,8-9H2,2H3. The molecule has 0 aliphatic heterocycles. The second kappa shape index (κ2) is 4.71. The molecule has 0 bridgehead atoms. The van der Waals surface area contributed by atoms with Crippen LogP contribution in [-0.4, -0.2) is 23.9 Å². The molecule has 1 amide bonds. The molecular formula is C13H15NOS. The fraction of sp³-hybridized carbons (Fsp3) is 0.462. The molecule has 0 atom stereocenters. The lowest BCUT2D eigenvalue weighted by Gasteiger charge is -2.19. The Morgan fingerprint density at radius 2 is 2.38 bits per heavy atom. The Kier molecular flexibility index (Phi) is 3.31. The molecule has 16 heavy (non-hydrogen) atoms. The Labute approximate surface area is 100 Å². The van der Waals surface area contributed by atoms with Crippen LogP contribution >= 0.6 is 11.3 Å². The minimum atomic E-state index is 0.0861. The monoisotopic (exact) mass is 233 g/mol. The van der Waals surface area contributed by atoms with E-state index in [4.69, 9.17) is 6.42 Å². The van der Waals surface area contributed by atoms with E-state index in [0.29, 0.717) is 12.5 Å². The van der Waals surface area contributed by atoms with Crippen molar-refractivity contribution in [1.29, 1.82) is 0 Å². The second-order valence-electron chi connectivity index (χ2n) is 4.24. The van der Waals surface area contributed by atoms with E-state index >= 15 is 0 Å². The van der Waals surface area contributed by atoms with Crippen LogP contribution < -0.4 is 0 Å². The van der Waals surface area contributed by atoms with Crippen LogP contribution in [0.25, 0.3) is 0 Å². The minimum Gasteiger partial charge on any atom is -0.327 e. The molecule has 0 spiro atoms. The molecule has 0 aromatic carbocycles. The number of carbonyl (C=O) groups is 1. The van der Waals surface area contributed by atoms with Crippen molar-refractivity contribution in [2.75, 3.05) is 13.1 Å². The third-order valence-corrected chi connectivity index (χ3v) is 3.68. The van der Waals surface area contributed by atoms with Crippen molar-refractivity contribution < 1.29 is 4.79 Å². The average molecular weight is 233 g/mol. The van der Waals surface area contributed by atoms with Gasteiger partial charge in [0.1, 0.15) is 0 Å². The molecule has 0 saturated heterocycles. The van der Waals surface area contributed by atoms with E-state index < -0.39 is 0 Å². The first-order valence-corrected chi connectivity index (χ1v) is 6.31. The van der Waals surface area contributed by atoms with Gasteiger partial charge in [-0.3, -0.25) is 4.79 Å². The lowest BCUT2D eigenvalue weighted by atomic mass is 10.3. The first-order valence-electron chi connectivity index (χ1n) is 5.50. The zero-order valence-electron chi connectivity index (χ0n) is 9.40. The summed E-state index contributed by atoms with van der Waals surface area (Å²) in [6, 6.07) is 3.86. The van der Waals surface area contributed by atoms with Gasteiger partial charge in [0, 0.05) is 11.4 Å². The number of nitrogens with zero attached hydrogens (tertiary/aromatic N) is 1. The molecule has 2 nitrogen and oxygen atoms in total. The second-order valence-corrected chi connectivity index (χ2v) is 5.53. The molecule has 1 saturated carbocycles. The summed E-state index contributed by atoms with van der Waals surface area (Å²) in [7, 11) is 0. The summed E-state index contributed by atoms with van der Waals surface area (Å²) in [4.78, 5) is 15.9. The predicted octanol–water partition coefficient (Wildman–Crippen LogP) is 2.54. The Morgan fingerprint density at radius 1 is 1.62 bits per heavy atom. The molecule has 84 valence electrons. The molecule has 1 aliphatic carbocycles. The van der Waals surface area contributed by atoms with Gasteiger partial charge in [0.15, 0.2) is 0 Å². The van der Waals surface area contributed by atoms with Crippen LogP contribution in [-0.2, 0) is 0 Å². The molecule has 2 rings (SSSR count). The van der Waals surface area contributed by atoms with E-state index in [1.807, 2.05) is 19.1 Å². The van der Waals surface area contributed by atoms with Crippen molar-refractivity contribution >= 4 is 17.2 Å². The first-order chi connectivity index (χ1) is 7.70. The van der Waals surface area contributed by atoms with Crippen LogP contribution in [0.15, 0.2) is 12.1 Å². The molecule has 1 aromatic rings. The molecule has 1 fully saturated rings. The van der Waals surface area contributed by atoms with Crippen molar-refractivity contribution in [3.05, 3.63) is 21.9 Å². The van der Waals surface area contributed by atoms with Gasteiger partial charge in [-0.15, -0.1) is 17.8 Å². The predicted molar refractivity (Wildman–Crippen MR) is 66.5 cm³/mol. The van der Waals surface area contributed by atoms with Gasteiger partial charge in [0.05, 0.1) is 11.4 Å². The summed E-state index contributed by atoms with van der Waals surface area (Å²) in [5.74, 6) is 3.33. The van der Waals surface area contributed by atoms with Gasteiger partial charge in [0.25, 0.3) is 5.91 Å². The van der Waals surface area contributed by atoms with E-state index in [1.54, 1.807) is 4.90 Å². The maximum atomic E-state index is 12.2. The zero-order valence-corrected chi connectivity index (χ0v) is 10.2. The highest BCUT2D eigenvalue weighted by atomic mass is 32.1. The third kappa shape index (κ3) is 2.65. The number of amides is 1. The molecule has 3 heteroatoms. The van der Waals surface area contributed by atoms with Gasteiger partial charge in [-0.2, -0.15) is 0 Å². The van der Waals surface area contributed by atoms with Crippen LogP contribution in [0.2, 0.25) is 0 Å². The SMILES string of the molecule is C#CCN(CC1CC1)C(=O)c1ccc(C)s1. The lowest BCUT2D eigenvalue weighted by Crippen LogP contribution is -2.32. The van der Waals surface area contributed by atoms with Crippen molar-refractivity contribution in [1.82, 2.24) is 4.90 Å². The Hall–Kier alpha value is -1.27. The van der Waals surface area contributed by atoms with E-state index in [-0.39, 0.29) is 5.91 Å². The Morgan fingerprint density at radius 3 is 2.88 bits per heavy atom. The molecule has 1 heterocycles. The van der Waals surface area contributed by atoms with Crippen molar-refractivity contribution in [3.8, 4) is 12.3 Å². The Balaban J connectivity index is 2.06. The maximum absolute atomic E-state index is 12.2. The van der Waals surface area contributed by atoms with E-state index in [2.05, 4.69) is 5.92 Å². The van der Waals surface area contributed by atoms with Crippen LogP contribution in [0.5, 0.6) is 0 Å². The third-order valence-electron chi connectivity index (χ3n) is 2.70. The maximum Gasteiger partial charge on any atom is 0.264 e. The fourth-order valence-electron chi connectivity index (χ4n) is 1.65. The average Bonchev–Trinajstić information content (AvgIpc) is 2.97. The summed E-state index contributed by atoms with van der Waals surface area (Å²) in [5.41, 5.74) is 0. The van der Waals surface area contributed by atoms with Crippen molar-refractivity contribution in [2.45, 2.75) is 19.8 Å². The molecule has 0 unspecified atom stereocenters. The van der Waals surface area contributed by atoms with E-state index in [9.17, 15) is 4.79 Å². The zero-order chi connectivity index (χ0) is 11.5. The fourth-order valence-corrected chi connectivity index (χ4v) is 2.48. The number of terminal acetylenes is 1. The number of hydrogen-bond donors (Lipinski definition) is 0. The molecule has 0 N–H and O–H groups in total. The number of rotatable bonds is 4. The largest absolute Gasteiger partial charge is 0.327 e. The highest BCUT2D eigenvalue weighted by Crippen LogP contribution is 2.30. The molecule has 1 aromatic heterocycles. The quantitative estimate of drug-likeness (QED) is 0.732.